The average molecular weight is 398 g/mol. The number of amides is 1. The summed E-state index contributed by atoms with van der Waals surface area (Å²) >= 11 is 0. The van der Waals surface area contributed by atoms with Gasteiger partial charge in [-0.15, -0.1) is 0 Å². The Labute approximate surface area is 169 Å². The minimum atomic E-state index is -0.666. The Bertz CT molecular complexity index is 492. The van der Waals surface area contributed by atoms with Crippen molar-refractivity contribution in [1.82, 2.24) is 24.5 Å². The van der Waals surface area contributed by atoms with Crippen LogP contribution in [0, 0.1) is 0 Å². The summed E-state index contributed by atoms with van der Waals surface area (Å²) < 4.78 is 0. The minimum absolute atomic E-state index is 0.194. The van der Waals surface area contributed by atoms with Gasteiger partial charge in [-0.05, 0) is 26.3 Å². The molecule has 0 aliphatic carbocycles. The first kappa shape index (κ1) is 21.9. The van der Waals surface area contributed by atoms with Crippen LogP contribution < -0.4 is 0 Å². The van der Waals surface area contributed by atoms with Gasteiger partial charge in [-0.3, -0.25) is 19.5 Å². The average Bonchev–Trinajstić information content (AvgIpc) is 2.87. The fraction of sp³-hybridized carbons (Fsp3) is 0.950. The molecular formula is C20H39N5O3. The van der Waals surface area contributed by atoms with Gasteiger partial charge in [0.1, 0.15) is 0 Å². The molecule has 0 radical (unpaired) electrons. The number of likely N-dealkylation sites (tertiary alicyclic amines) is 1. The molecule has 0 unspecified atom stereocenters. The fourth-order valence-electron chi connectivity index (χ4n) is 4.61. The molecule has 2 N–H and O–H groups in total. The van der Waals surface area contributed by atoms with Crippen LogP contribution in [0.3, 0.4) is 0 Å². The Morgan fingerprint density at radius 1 is 0.857 bits per heavy atom. The molecule has 0 saturated carbocycles. The van der Waals surface area contributed by atoms with Gasteiger partial charge in [-0.2, -0.15) is 0 Å². The van der Waals surface area contributed by atoms with Crippen LogP contribution in [0.4, 0.5) is 0 Å². The van der Waals surface area contributed by atoms with Crippen LogP contribution in [0.1, 0.15) is 19.3 Å². The quantitative estimate of drug-likeness (QED) is 0.570. The van der Waals surface area contributed by atoms with Gasteiger partial charge in [0.25, 0.3) is 0 Å². The van der Waals surface area contributed by atoms with Gasteiger partial charge < -0.3 is 20.0 Å². The van der Waals surface area contributed by atoms with Gasteiger partial charge in [-0.1, -0.05) is 0 Å². The van der Waals surface area contributed by atoms with Crippen LogP contribution in [-0.2, 0) is 4.79 Å². The number of carbonyl (C=O) groups is 1. The largest absolute Gasteiger partial charge is 0.395 e. The summed E-state index contributed by atoms with van der Waals surface area (Å²) in [7, 11) is 2.15. The zero-order valence-electron chi connectivity index (χ0n) is 17.6. The first-order chi connectivity index (χ1) is 13.5. The number of carbonyl (C=O) groups excluding carboxylic acids is 1. The molecule has 3 saturated heterocycles. The highest BCUT2D eigenvalue weighted by Gasteiger charge is 2.34. The number of hydrogen-bond donors (Lipinski definition) is 2. The van der Waals surface area contributed by atoms with Gasteiger partial charge in [-0.25, -0.2) is 0 Å². The summed E-state index contributed by atoms with van der Waals surface area (Å²) in [6, 6.07) is 0. The molecule has 3 heterocycles. The molecule has 3 aliphatic heterocycles. The second-order valence-electron chi connectivity index (χ2n) is 8.88. The number of aliphatic hydroxyl groups is 2. The van der Waals surface area contributed by atoms with Crippen molar-refractivity contribution in [3.8, 4) is 0 Å². The Hall–Kier alpha value is -0.770. The molecule has 8 nitrogen and oxygen atoms in total. The van der Waals surface area contributed by atoms with Gasteiger partial charge in [0.2, 0.25) is 5.91 Å². The summed E-state index contributed by atoms with van der Waals surface area (Å²) in [5, 5.41) is 20.2. The van der Waals surface area contributed by atoms with Gasteiger partial charge in [0.15, 0.2) is 0 Å². The molecule has 0 aromatic heterocycles. The standard InChI is InChI=1S/C20H39N5O3/c1-21-7-9-24(10-8-21)18-20(28)3-2-5-25(6-4-20)19(27)17-23-13-11-22(12-14-23)15-16-26/h26,28H,2-18H2,1H3/t20-/m0/s1. The Morgan fingerprint density at radius 2 is 1.50 bits per heavy atom. The molecule has 0 aromatic rings. The highest BCUT2D eigenvalue weighted by Crippen LogP contribution is 2.24. The van der Waals surface area contributed by atoms with Crippen molar-refractivity contribution in [2.75, 3.05) is 98.7 Å². The van der Waals surface area contributed by atoms with E-state index in [0.29, 0.717) is 19.5 Å². The van der Waals surface area contributed by atoms with Crippen molar-refractivity contribution in [3.63, 3.8) is 0 Å². The molecule has 0 spiro atoms. The molecule has 3 fully saturated rings. The molecule has 8 heteroatoms. The lowest BCUT2D eigenvalue weighted by atomic mass is 9.94. The number of aliphatic hydroxyl groups excluding tert-OH is 1. The second kappa shape index (κ2) is 10.3. The van der Waals surface area contributed by atoms with Crippen LogP contribution in [0.25, 0.3) is 0 Å². The maximum Gasteiger partial charge on any atom is 0.236 e. The summed E-state index contributed by atoms with van der Waals surface area (Å²) in [6.07, 6.45) is 2.33. The van der Waals surface area contributed by atoms with E-state index in [1.54, 1.807) is 0 Å². The Morgan fingerprint density at radius 3 is 2.18 bits per heavy atom. The van der Waals surface area contributed by atoms with Crippen LogP contribution in [0.15, 0.2) is 0 Å². The number of nitrogens with zero attached hydrogens (tertiary/aromatic N) is 5. The lowest BCUT2D eigenvalue weighted by Gasteiger charge is -2.38. The number of β-amino-alcohol motifs (C(OH)–C–C–N with tert-alkyl or cyclic N) is 2. The van der Waals surface area contributed by atoms with Crippen molar-refractivity contribution in [2.24, 2.45) is 0 Å². The highest BCUT2D eigenvalue weighted by molar-refractivity contribution is 5.78. The van der Waals surface area contributed by atoms with E-state index in [1.807, 2.05) is 4.90 Å². The van der Waals surface area contributed by atoms with Crippen LogP contribution >= 0.6 is 0 Å². The van der Waals surface area contributed by atoms with Crippen LogP contribution in [0.2, 0.25) is 0 Å². The van der Waals surface area contributed by atoms with E-state index in [4.69, 9.17) is 5.11 Å². The number of likely N-dealkylation sites (N-methyl/N-ethyl adjacent to an activating group) is 1. The third-order valence-corrected chi connectivity index (χ3v) is 6.62. The number of hydrogen-bond acceptors (Lipinski definition) is 7. The van der Waals surface area contributed by atoms with E-state index in [-0.39, 0.29) is 12.5 Å². The van der Waals surface area contributed by atoms with Gasteiger partial charge >= 0.3 is 0 Å². The molecular weight excluding hydrogens is 358 g/mol. The second-order valence-corrected chi connectivity index (χ2v) is 8.88. The predicted octanol–water partition coefficient (Wildman–Crippen LogP) is -1.41. The molecule has 162 valence electrons. The topological polar surface area (TPSA) is 73.7 Å². The summed E-state index contributed by atoms with van der Waals surface area (Å²) in [6.45, 7) is 11.3. The van der Waals surface area contributed by atoms with Crippen LogP contribution in [-0.4, -0.2) is 145 Å². The van der Waals surface area contributed by atoms with E-state index >= 15 is 0 Å². The van der Waals surface area contributed by atoms with Crippen molar-refractivity contribution in [1.29, 1.82) is 0 Å². The van der Waals surface area contributed by atoms with Gasteiger partial charge in [0.05, 0.1) is 18.8 Å². The molecule has 3 aliphatic rings. The maximum atomic E-state index is 12.8. The Balaban J connectivity index is 1.42. The minimum Gasteiger partial charge on any atom is -0.395 e. The van der Waals surface area contributed by atoms with E-state index in [1.165, 1.54) is 0 Å². The van der Waals surface area contributed by atoms with Crippen molar-refractivity contribution >= 4 is 5.91 Å². The maximum absolute atomic E-state index is 12.8. The lowest BCUT2D eigenvalue weighted by Crippen LogP contribution is -2.52. The molecule has 0 aromatic carbocycles. The van der Waals surface area contributed by atoms with Gasteiger partial charge in [0, 0.05) is 78.5 Å². The molecule has 0 bridgehead atoms. The number of piperazine rings is 2. The molecule has 1 atom stereocenters. The number of rotatable bonds is 6. The van der Waals surface area contributed by atoms with E-state index in [9.17, 15) is 9.90 Å². The van der Waals surface area contributed by atoms with E-state index < -0.39 is 5.60 Å². The molecule has 3 rings (SSSR count). The monoisotopic (exact) mass is 397 g/mol. The third-order valence-electron chi connectivity index (χ3n) is 6.62. The van der Waals surface area contributed by atoms with Crippen molar-refractivity contribution in [2.45, 2.75) is 24.9 Å². The first-order valence-corrected chi connectivity index (χ1v) is 10.9. The first-order valence-electron chi connectivity index (χ1n) is 10.9. The SMILES string of the molecule is CN1CCN(C[C@]2(O)CCCN(C(=O)CN3CCN(CCO)CC3)CC2)CC1. The summed E-state index contributed by atoms with van der Waals surface area (Å²) in [4.78, 5) is 23.9. The fourth-order valence-corrected chi connectivity index (χ4v) is 4.61. The highest BCUT2D eigenvalue weighted by atomic mass is 16.3. The zero-order chi connectivity index (χ0) is 20.0. The smallest absolute Gasteiger partial charge is 0.236 e. The zero-order valence-corrected chi connectivity index (χ0v) is 17.6. The predicted molar refractivity (Wildman–Crippen MR) is 109 cm³/mol. The summed E-state index contributed by atoms with van der Waals surface area (Å²) in [5.74, 6) is 0.194. The van der Waals surface area contributed by atoms with Crippen LogP contribution in [0.5, 0.6) is 0 Å². The van der Waals surface area contributed by atoms with E-state index in [2.05, 4.69) is 26.6 Å². The molecule has 28 heavy (non-hydrogen) atoms. The third kappa shape index (κ3) is 6.37. The van der Waals surface area contributed by atoms with Crippen molar-refractivity contribution < 1.29 is 15.0 Å². The lowest BCUT2D eigenvalue weighted by molar-refractivity contribution is -0.133. The summed E-state index contributed by atoms with van der Waals surface area (Å²) in [5.41, 5.74) is -0.666. The molecule has 1 amide bonds. The normalized spacial score (nSPS) is 29.8. The van der Waals surface area contributed by atoms with E-state index in [0.717, 1.165) is 84.8 Å². The Kier molecular flexibility index (Phi) is 8.08. The van der Waals surface area contributed by atoms with Crippen molar-refractivity contribution in [3.05, 3.63) is 0 Å².